The summed E-state index contributed by atoms with van der Waals surface area (Å²) in [5, 5.41) is 26.1. The molecule has 89 heavy (non-hydrogen) atoms. The number of benzene rings is 15. The molecule has 0 N–H and O–H groups in total. The van der Waals surface area contributed by atoms with Gasteiger partial charge in [0.2, 0.25) is 0 Å². The lowest BCUT2D eigenvalue weighted by molar-refractivity contribution is 1.17. The van der Waals surface area contributed by atoms with E-state index in [9.17, 15) is 0 Å². The number of nitrogens with zero attached hydrogens (tertiary/aromatic N) is 2. The molecule has 0 bridgehead atoms. The fraction of sp³-hybridized carbons (Fsp3) is 0. The van der Waals surface area contributed by atoms with Crippen molar-refractivity contribution >= 4 is 165 Å². The minimum atomic E-state index is -3.14. The number of aromatic nitrogens is 2. The van der Waals surface area contributed by atoms with Gasteiger partial charge in [0.05, 0.1) is 22.1 Å². The van der Waals surface area contributed by atoms with Gasteiger partial charge in [-0.05, 0) is 128 Å². The van der Waals surface area contributed by atoms with Gasteiger partial charge in [-0.15, -0.1) is 11.3 Å². The molecule has 0 saturated carbocycles. The van der Waals surface area contributed by atoms with Gasteiger partial charge in [0, 0.05) is 53.1 Å². The largest absolute Gasteiger partial charge is 0.309 e. The SMILES string of the molecule is c1ccc([Si](c2ccccc2)(c2cccc(-n3c4ccccc4c4cc(-n5c6ccccc6c6ccccc65)ccc43)c2)c2ccc3c4ccc([Si](c5ccccc5)(c5ccccc5)c5cccc6c5sc5ccccc56)cc4c4ccccc4c3c2)cc1. The van der Waals surface area contributed by atoms with Gasteiger partial charge >= 0.3 is 0 Å². The summed E-state index contributed by atoms with van der Waals surface area (Å²) in [5.74, 6) is 0. The number of fused-ring (bicyclic) bond motifs is 15. The first-order valence-corrected chi connectivity index (χ1v) is 35.6. The zero-order valence-electron chi connectivity index (χ0n) is 48.6. The normalized spacial score (nSPS) is 12.3. The van der Waals surface area contributed by atoms with Crippen molar-refractivity contribution < 1.29 is 0 Å². The number of hydrogen-bond donors (Lipinski definition) is 0. The summed E-state index contributed by atoms with van der Waals surface area (Å²) in [6.45, 7) is 0. The maximum atomic E-state index is 2.60. The summed E-state index contributed by atoms with van der Waals surface area (Å²) >= 11 is 1.94. The monoisotopic (exact) mass is 1180 g/mol. The molecule has 0 atom stereocenters. The summed E-state index contributed by atoms with van der Waals surface area (Å²) in [4.78, 5) is 0. The molecule has 5 heteroatoms. The van der Waals surface area contributed by atoms with Gasteiger partial charge in [0.1, 0.15) is 0 Å². The lowest BCUT2D eigenvalue weighted by Gasteiger charge is -2.35. The average molecular weight is 1180 g/mol. The second kappa shape index (κ2) is 20.5. The fourth-order valence-corrected chi connectivity index (χ4v) is 27.0. The lowest BCUT2D eigenvalue weighted by Crippen LogP contribution is -2.74. The quantitative estimate of drug-likeness (QED) is 0.0734. The van der Waals surface area contributed by atoms with E-state index in [4.69, 9.17) is 0 Å². The van der Waals surface area contributed by atoms with Crippen LogP contribution in [0.25, 0.3) is 107 Å². The Kier molecular flexibility index (Phi) is 11.9. The standard InChI is InChI=1S/C84H56N2SSi2/c1-5-26-59(27-6-1)88(60-28-7-2-8-29-60,63-34-23-25-57(53-63)85-80-44-21-17-39-72(80)77-54-58(47-52-81(77)85)86-78-42-19-15-37-70(78)71-38-16-20-43-79(71)86)64-48-50-68-69-51-49-65(56-76(69)67-36-14-13-35-66(67)75(68)55-64)89(61-30-9-3-10-31-61,62-32-11-4-12-33-62)83-46-24-41-74-73-40-18-22-45-82(73)87-84(74)83/h1-56H. The van der Waals surface area contributed by atoms with E-state index in [2.05, 4.69) is 349 Å². The Labute approximate surface area is 521 Å². The molecule has 0 spiro atoms. The van der Waals surface area contributed by atoms with Gasteiger partial charge in [-0.1, -0.05) is 285 Å². The van der Waals surface area contributed by atoms with Crippen molar-refractivity contribution in [2.45, 2.75) is 0 Å². The molecule has 2 nitrogen and oxygen atoms in total. The summed E-state index contributed by atoms with van der Waals surface area (Å²) in [6, 6.07) is 129. The van der Waals surface area contributed by atoms with E-state index in [-0.39, 0.29) is 0 Å². The summed E-state index contributed by atoms with van der Waals surface area (Å²) in [7, 11) is -6.16. The van der Waals surface area contributed by atoms with Crippen LogP contribution in [0, 0.1) is 0 Å². The molecule has 0 radical (unpaired) electrons. The molecule has 0 aliphatic carbocycles. The molecule has 18 aromatic rings. The van der Waals surface area contributed by atoms with Gasteiger partial charge in [-0.25, -0.2) is 0 Å². The van der Waals surface area contributed by atoms with Crippen molar-refractivity contribution in [1.29, 1.82) is 0 Å². The van der Waals surface area contributed by atoms with Gasteiger partial charge in [0.25, 0.3) is 0 Å². The summed E-state index contributed by atoms with van der Waals surface area (Å²) < 4.78 is 7.63. The van der Waals surface area contributed by atoms with Crippen LogP contribution in [-0.4, -0.2) is 25.3 Å². The smallest absolute Gasteiger partial charge is 0.181 e. The Morgan fingerprint density at radius 2 is 0.573 bits per heavy atom. The van der Waals surface area contributed by atoms with Crippen LogP contribution in [0.4, 0.5) is 0 Å². The van der Waals surface area contributed by atoms with E-state index in [0.29, 0.717) is 0 Å². The topological polar surface area (TPSA) is 9.86 Å². The maximum absolute atomic E-state index is 3.14. The molecule has 3 aromatic heterocycles. The Morgan fingerprint density at radius 3 is 1.11 bits per heavy atom. The van der Waals surface area contributed by atoms with Crippen molar-refractivity contribution in [3.63, 3.8) is 0 Å². The predicted octanol–water partition coefficient (Wildman–Crippen LogP) is 16.5. The molecule has 0 fully saturated rings. The molecule has 15 aromatic carbocycles. The third-order valence-electron chi connectivity index (χ3n) is 19.4. The zero-order valence-corrected chi connectivity index (χ0v) is 51.5. The molecule has 3 heterocycles. The molecule has 0 unspecified atom stereocenters. The average Bonchev–Trinajstić information content (AvgIpc) is 1.42. The van der Waals surface area contributed by atoms with Crippen LogP contribution in [-0.2, 0) is 0 Å². The highest BCUT2D eigenvalue weighted by atomic mass is 32.1. The van der Waals surface area contributed by atoms with Crippen molar-refractivity contribution in [3.8, 4) is 11.4 Å². The van der Waals surface area contributed by atoms with Crippen LogP contribution in [0.15, 0.2) is 340 Å². The maximum Gasteiger partial charge on any atom is 0.181 e. The third-order valence-corrected chi connectivity index (χ3v) is 30.3. The molecular formula is C84H56N2SSi2. The minimum Gasteiger partial charge on any atom is -0.309 e. The van der Waals surface area contributed by atoms with Crippen LogP contribution in [0.1, 0.15) is 0 Å². The summed E-state index contributed by atoms with van der Waals surface area (Å²) in [5.41, 5.74) is 7.07. The van der Waals surface area contributed by atoms with Gasteiger partial charge in [-0.3, -0.25) is 0 Å². The van der Waals surface area contributed by atoms with Gasteiger partial charge in [0.15, 0.2) is 16.1 Å². The summed E-state index contributed by atoms with van der Waals surface area (Å²) in [6.07, 6.45) is 0. The first-order valence-electron chi connectivity index (χ1n) is 30.8. The highest BCUT2D eigenvalue weighted by Crippen LogP contribution is 2.40. The van der Waals surface area contributed by atoms with Crippen LogP contribution >= 0.6 is 11.3 Å². The zero-order chi connectivity index (χ0) is 58.6. The Hall–Kier alpha value is -10.7. The second-order valence-electron chi connectivity index (χ2n) is 23.8. The number of para-hydroxylation sites is 3. The number of rotatable bonds is 10. The lowest BCUT2D eigenvalue weighted by atomic mass is 9.94. The molecule has 416 valence electrons. The van der Waals surface area contributed by atoms with Gasteiger partial charge in [-0.2, -0.15) is 0 Å². The number of hydrogen-bond acceptors (Lipinski definition) is 1. The van der Waals surface area contributed by atoms with Crippen LogP contribution < -0.4 is 41.5 Å². The van der Waals surface area contributed by atoms with Gasteiger partial charge < -0.3 is 9.13 Å². The van der Waals surface area contributed by atoms with E-state index in [1.54, 1.807) is 0 Å². The Morgan fingerprint density at radius 1 is 0.202 bits per heavy atom. The predicted molar refractivity (Wildman–Crippen MR) is 388 cm³/mol. The first kappa shape index (κ1) is 51.5. The molecule has 18 rings (SSSR count). The van der Waals surface area contributed by atoms with Crippen LogP contribution in [0.5, 0.6) is 0 Å². The Balaban J connectivity index is 0.860. The molecular weight excluding hydrogens is 1130 g/mol. The van der Waals surface area contributed by atoms with E-state index in [1.165, 1.54) is 138 Å². The van der Waals surface area contributed by atoms with Crippen molar-refractivity contribution in [2.75, 3.05) is 0 Å². The highest BCUT2D eigenvalue weighted by Gasteiger charge is 2.44. The van der Waals surface area contributed by atoms with Crippen molar-refractivity contribution in [1.82, 2.24) is 9.13 Å². The van der Waals surface area contributed by atoms with E-state index in [0.717, 1.165) is 11.4 Å². The van der Waals surface area contributed by atoms with E-state index < -0.39 is 16.1 Å². The van der Waals surface area contributed by atoms with E-state index in [1.807, 2.05) is 11.3 Å². The second-order valence-corrected chi connectivity index (χ2v) is 32.4. The van der Waals surface area contributed by atoms with Crippen molar-refractivity contribution in [2.24, 2.45) is 0 Å². The van der Waals surface area contributed by atoms with Crippen LogP contribution in [0.2, 0.25) is 0 Å². The molecule has 0 amide bonds. The number of thiophene rings is 1. The van der Waals surface area contributed by atoms with E-state index >= 15 is 0 Å². The molecule has 0 saturated heterocycles. The first-order chi connectivity index (χ1) is 44.2. The molecule has 0 aliphatic rings. The molecule has 0 aliphatic heterocycles. The van der Waals surface area contributed by atoms with Crippen LogP contribution in [0.3, 0.4) is 0 Å². The Bertz CT molecular complexity index is 5660. The fourth-order valence-electron chi connectivity index (χ4n) is 15.6. The van der Waals surface area contributed by atoms with Crippen molar-refractivity contribution in [3.05, 3.63) is 340 Å². The third kappa shape index (κ3) is 7.66. The highest BCUT2D eigenvalue weighted by molar-refractivity contribution is 7.30. The minimum absolute atomic E-state index is 1.14.